The van der Waals surface area contributed by atoms with Gasteiger partial charge in [0.1, 0.15) is 5.75 Å². The van der Waals surface area contributed by atoms with Gasteiger partial charge in [-0.05, 0) is 42.5 Å². The quantitative estimate of drug-likeness (QED) is 0.517. The summed E-state index contributed by atoms with van der Waals surface area (Å²) in [6.07, 6.45) is 1.43. The number of nitrogens with one attached hydrogen (secondary N) is 2. The molecule has 0 atom stereocenters. The van der Waals surface area contributed by atoms with Crippen molar-refractivity contribution in [3.8, 4) is 5.75 Å². The molecule has 0 bridgehead atoms. The highest BCUT2D eigenvalue weighted by molar-refractivity contribution is 7.22. The molecule has 0 saturated heterocycles. The number of nitrogens with zero attached hydrogens (tertiary/aromatic N) is 1. The van der Waals surface area contributed by atoms with Crippen LogP contribution in [0.4, 0.5) is 10.1 Å². The van der Waals surface area contributed by atoms with Crippen LogP contribution in [0.25, 0.3) is 10.2 Å². The maximum Gasteiger partial charge on any atom is 0.291 e. The fourth-order valence-corrected chi connectivity index (χ4v) is 4.04. The number of carbonyl (C=O) groups excluding carboxylic acids is 2. The van der Waals surface area contributed by atoms with Crippen molar-refractivity contribution in [1.29, 1.82) is 0 Å². The first-order valence-electron chi connectivity index (χ1n) is 7.83. The van der Waals surface area contributed by atoms with E-state index < -0.39 is 0 Å². The van der Waals surface area contributed by atoms with E-state index in [1.165, 1.54) is 28.9 Å². The Bertz CT molecular complexity index is 1120. The van der Waals surface area contributed by atoms with E-state index in [4.69, 9.17) is 9.15 Å². The van der Waals surface area contributed by atoms with Gasteiger partial charge in [-0.2, -0.15) is 0 Å². The van der Waals surface area contributed by atoms with Crippen LogP contribution in [-0.2, 0) is 0 Å². The zero-order chi connectivity index (χ0) is 18.8. The largest absolute Gasteiger partial charge is 0.497 e. The summed E-state index contributed by atoms with van der Waals surface area (Å²) < 4.78 is 11.2. The van der Waals surface area contributed by atoms with Gasteiger partial charge in [0, 0.05) is 0 Å². The summed E-state index contributed by atoms with van der Waals surface area (Å²) >= 11 is 2.53. The van der Waals surface area contributed by atoms with Gasteiger partial charge >= 0.3 is 0 Å². The second kappa shape index (κ2) is 7.22. The molecule has 7 nitrogen and oxygen atoms in total. The first kappa shape index (κ1) is 17.3. The Morgan fingerprint density at radius 1 is 1.07 bits per heavy atom. The number of ether oxygens (including phenoxy) is 1. The molecule has 9 heteroatoms. The topological polar surface area (TPSA) is 93.5 Å². The molecule has 0 saturated carbocycles. The van der Waals surface area contributed by atoms with Crippen LogP contribution >= 0.6 is 22.7 Å². The lowest BCUT2D eigenvalue weighted by atomic mass is 10.3. The van der Waals surface area contributed by atoms with Crippen molar-refractivity contribution >= 4 is 54.8 Å². The lowest BCUT2D eigenvalue weighted by Gasteiger charge is -1.99. The van der Waals surface area contributed by atoms with Crippen molar-refractivity contribution in [3.63, 3.8) is 0 Å². The van der Waals surface area contributed by atoms with E-state index >= 15 is 0 Å². The molecular weight excluding hydrogens is 386 g/mol. The summed E-state index contributed by atoms with van der Waals surface area (Å²) in [6, 6.07) is 12.1. The highest BCUT2D eigenvalue weighted by Crippen LogP contribution is 2.30. The van der Waals surface area contributed by atoms with Crippen molar-refractivity contribution in [2.24, 2.45) is 0 Å². The van der Waals surface area contributed by atoms with Gasteiger partial charge in [0.15, 0.2) is 10.9 Å². The van der Waals surface area contributed by atoms with E-state index in [0.717, 1.165) is 16.0 Å². The molecule has 0 unspecified atom stereocenters. The van der Waals surface area contributed by atoms with Crippen LogP contribution < -0.4 is 15.4 Å². The number of thiophene rings is 1. The molecule has 2 amide bonds. The molecule has 0 aliphatic heterocycles. The molecular formula is C18H13N3O4S2. The zero-order valence-electron chi connectivity index (χ0n) is 14.0. The third-order valence-corrected chi connectivity index (χ3v) is 5.56. The lowest BCUT2D eigenvalue weighted by molar-refractivity contribution is 0.0995. The first-order valence-corrected chi connectivity index (χ1v) is 9.46. The number of benzene rings is 1. The zero-order valence-corrected chi connectivity index (χ0v) is 15.6. The molecule has 3 heterocycles. The third kappa shape index (κ3) is 3.69. The Hall–Kier alpha value is -3.17. The SMILES string of the molecule is COc1ccc2nc(NC(=O)c3ccc(NC(=O)c4ccco4)s3)sc2c1. The van der Waals surface area contributed by atoms with Crippen LogP contribution in [0.5, 0.6) is 5.75 Å². The van der Waals surface area contributed by atoms with Crippen LogP contribution in [0, 0.1) is 0 Å². The Labute approximate surface area is 161 Å². The van der Waals surface area contributed by atoms with Gasteiger partial charge in [-0.25, -0.2) is 4.98 Å². The minimum absolute atomic E-state index is 0.208. The number of hydrogen-bond donors (Lipinski definition) is 2. The number of methoxy groups -OCH3 is 1. The van der Waals surface area contributed by atoms with Gasteiger partial charge in [0.25, 0.3) is 11.8 Å². The second-order valence-corrected chi connectivity index (χ2v) is 7.52. The molecule has 4 rings (SSSR count). The summed E-state index contributed by atoms with van der Waals surface area (Å²) in [5, 5.41) is 6.53. The van der Waals surface area contributed by atoms with E-state index in [2.05, 4.69) is 15.6 Å². The number of carbonyl (C=O) groups is 2. The summed E-state index contributed by atoms with van der Waals surface area (Å²) in [5.74, 6) is 0.289. The van der Waals surface area contributed by atoms with Crippen molar-refractivity contribution in [1.82, 2.24) is 4.98 Å². The van der Waals surface area contributed by atoms with Crippen LogP contribution in [0.15, 0.2) is 53.1 Å². The van der Waals surface area contributed by atoms with Gasteiger partial charge in [-0.3, -0.25) is 14.9 Å². The molecule has 3 aromatic heterocycles. The highest BCUT2D eigenvalue weighted by Gasteiger charge is 2.15. The molecule has 0 aliphatic rings. The number of amides is 2. The van der Waals surface area contributed by atoms with Crippen LogP contribution in [0.2, 0.25) is 0 Å². The van der Waals surface area contributed by atoms with Gasteiger partial charge in [0.2, 0.25) is 0 Å². The van der Waals surface area contributed by atoms with E-state index in [1.807, 2.05) is 18.2 Å². The van der Waals surface area contributed by atoms with Crippen molar-refractivity contribution in [3.05, 3.63) is 59.4 Å². The number of aromatic nitrogens is 1. The fraction of sp³-hybridized carbons (Fsp3) is 0.0556. The predicted molar refractivity (Wildman–Crippen MR) is 105 cm³/mol. The Kier molecular flexibility index (Phi) is 4.61. The van der Waals surface area contributed by atoms with E-state index in [1.54, 1.807) is 31.4 Å². The summed E-state index contributed by atoms with van der Waals surface area (Å²) in [5.41, 5.74) is 0.786. The van der Waals surface area contributed by atoms with E-state index in [-0.39, 0.29) is 17.6 Å². The lowest BCUT2D eigenvalue weighted by Crippen LogP contribution is -2.10. The first-order chi connectivity index (χ1) is 13.1. The maximum absolute atomic E-state index is 12.5. The van der Waals surface area contributed by atoms with E-state index in [0.29, 0.717) is 15.0 Å². The summed E-state index contributed by atoms with van der Waals surface area (Å²) in [6.45, 7) is 0. The molecule has 136 valence electrons. The average Bonchev–Trinajstić information content (AvgIpc) is 3.41. The molecule has 0 fully saturated rings. The Balaban J connectivity index is 1.45. The number of rotatable bonds is 5. The third-order valence-electron chi connectivity index (χ3n) is 3.63. The number of furan rings is 1. The van der Waals surface area contributed by atoms with Gasteiger partial charge in [0.05, 0.1) is 33.5 Å². The molecule has 2 N–H and O–H groups in total. The minimum atomic E-state index is -0.367. The maximum atomic E-state index is 12.5. The van der Waals surface area contributed by atoms with Gasteiger partial charge < -0.3 is 14.5 Å². The Morgan fingerprint density at radius 3 is 2.74 bits per heavy atom. The summed E-state index contributed by atoms with van der Waals surface area (Å²) in [4.78, 5) is 29.3. The summed E-state index contributed by atoms with van der Waals surface area (Å²) in [7, 11) is 1.60. The van der Waals surface area contributed by atoms with Crippen LogP contribution in [-0.4, -0.2) is 23.9 Å². The molecule has 1 aromatic carbocycles. The van der Waals surface area contributed by atoms with Crippen LogP contribution in [0.3, 0.4) is 0 Å². The van der Waals surface area contributed by atoms with Crippen molar-refractivity contribution in [2.45, 2.75) is 0 Å². The van der Waals surface area contributed by atoms with Crippen molar-refractivity contribution in [2.75, 3.05) is 17.7 Å². The minimum Gasteiger partial charge on any atom is -0.497 e. The molecule has 0 aliphatic carbocycles. The number of thiazole rings is 1. The highest BCUT2D eigenvalue weighted by atomic mass is 32.1. The standard InChI is InChI=1S/C18H13N3O4S2/c1-24-10-4-5-11-14(9-10)27-18(19-11)21-17(23)13-6-7-15(26-13)20-16(22)12-3-2-8-25-12/h2-9H,1H3,(H,20,22)(H,19,21,23). The predicted octanol–water partition coefficient (Wildman–Crippen LogP) is 4.46. The number of anilines is 2. The second-order valence-electron chi connectivity index (χ2n) is 5.40. The average molecular weight is 399 g/mol. The molecule has 0 radical (unpaired) electrons. The van der Waals surface area contributed by atoms with Crippen molar-refractivity contribution < 1.29 is 18.7 Å². The van der Waals surface area contributed by atoms with E-state index in [9.17, 15) is 9.59 Å². The smallest absolute Gasteiger partial charge is 0.291 e. The number of hydrogen-bond acceptors (Lipinski definition) is 7. The fourth-order valence-electron chi connectivity index (χ4n) is 2.35. The number of fused-ring (bicyclic) bond motifs is 1. The monoisotopic (exact) mass is 399 g/mol. The molecule has 27 heavy (non-hydrogen) atoms. The Morgan fingerprint density at radius 2 is 1.96 bits per heavy atom. The normalized spacial score (nSPS) is 10.7. The molecule has 0 spiro atoms. The molecule has 4 aromatic rings. The van der Waals surface area contributed by atoms with Crippen LogP contribution in [0.1, 0.15) is 20.2 Å². The van der Waals surface area contributed by atoms with Gasteiger partial charge in [-0.1, -0.05) is 11.3 Å². The van der Waals surface area contributed by atoms with Gasteiger partial charge in [-0.15, -0.1) is 11.3 Å².